The van der Waals surface area contributed by atoms with E-state index < -0.39 is 0 Å². The van der Waals surface area contributed by atoms with E-state index in [-0.39, 0.29) is 28.9 Å². The van der Waals surface area contributed by atoms with Crippen molar-refractivity contribution in [2.75, 3.05) is 11.1 Å². The lowest BCUT2D eigenvalue weighted by Crippen LogP contribution is -2.19. The van der Waals surface area contributed by atoms with Crippen molar-refractivity contribution in [3.8, 4) is 5.69 Å². The first-order chi connectivity index (χ1) is 25.5. The number of hydrogen-bond acceptors (Lipinski definition) is 10. The molecule has 8 nitrogen and oxygen atoms in total. The van der Waals surface area contributed by atoms with Crippen LogP contribution in [0.3, 0.4) is 0 Å². The van der Waals surface area contributed by atoms with E-state index in [1.165, 1.54) is 81.4 Å². The Labute approximate surface area is 329 Å². The van der Waals surface area contributed by atoms with Crippen LogP contribution in [0.15, 0.2) is 105 Å². The van der Waals surface area contributed by atoms with Gasteiger partial charge in [-0.05, 0) is 72.5 Å². The number of carbonyl (C=O) groups excluding carboxylic acids is 1. The first kappa shape index (κ1) is 38.4. The van der Waals surface area contributed by atoms with Crippen LogP contribution in [0.1, 0.15) is 31.9 Å². The first-order valence-corrected chi connectivity index (χ1v) is 20.0. The fraction of sp³-hybridized carbons (Fsp3) is 0.108. The third kappa shape index (κ3) is 9.44. The fourth-order valence-corrected chi connectivity index (χ4v) is 9.44. The molecule has 0 aliphatic carbocycles. The molecule has 7 aromatic rings. The summed E-state index contributed by atoms with van der Waals surface area (Å²) in [6.07, 6.45) is 1.46. The van der Waals surface area contributed by atoms with Crippen molar-refractivity contribution in [1.82, 2.24) is 19.5 Å². The highest BCUT2D eigenvalue weighted by atomic mass is 35.5. The number of benzene rings is 4. The summed E-state index contributed by atoms with van der Waals surface area (Å²) in [4.78, 5) is 38.8. The minimum Gasteiger partial charge on any atom is -0.382 e. The van der Waals surface area contributed by atoms with Crippen molar-refractivity contribution in [3.05, 3.63) is 150 Å². The quantitative estimate of drug-likeness (QED) is 0.138. The maximum atomic E-state index is 13.3. The Balaban J connectivity index is 0.000000182. The molecule has 4 aromatic carbocycles. The average Bonchev–Trinajstić information content (AvgIpc) is 3.73. The van der Waals surface area contributed by atoms with Crippen LogP contribution in [0.5, 0.6) is 0 Å². The predicted octanol–water partition coefficient (Wildman–Crippen LogP) is 10.6. The lowest BCUT2D eigenvalue weighted by atomic mass is 10.2. The second-order valence-electron chi connectivity index (χ2n) is 11.4. The third-order valence-corrected chi connectivity index (χ3v) is 12.7. The van der Waals surface area contributed by atoms with E-state index in [2.05, 4.69) is 20.3 Å². The maximum Gasteiger partial charge on any atom is 0.277 e. The lowest BCUT2D eigenvalue weighted by molar-refractivity contribution is 0.103. The second-order valence-corrected chi connectivity index (χ2v) is 16.6. The molecule has 0 unspecified atom stereocenters. The second kappa shape index (κ2) is 17.2. The zero-order valence-corrected chi connectivity index (χ0v) is 32.7. The van der Waals surface area contributed by atoms with Gasteiger partial charge >= 0.3 is 0 Å². The molecule has 0 atom stereocenters. The van der Waals surface area contributed by atoms with Gasteiger partial charge in [-0.1, -0.05) is 95.3 Å². The zero-order chi connectivity index (χ0) is 37.6. The Morgan fingerprint density at radius 1 is 0.830 bits per heavy atom. The Hall–Kier alpha value is -4.31. The highest BCUT2D eigenvalue weighted by Crippen LogP contribution is 2.34. The molecule has 3 N–H and O–H groups in total. The van der Waals surface area contributed by atoms with Crippen LogP contribution in [0, 0.1) is 25.5 Å². The number of para-hydroxylation sites is 2. The molecule has 1 amide bonds. The van der Waals surface area contributed by atoms with Crippen molar-refractivity contribution < 1.29 is 13.6 Å². The Bertz CT molecular complexity index is 2470. The van der Waals surface area contributed by atoms with Crippen LogP contribution >= 0.6 is 69.4 Å². The van der Waals surface area contributed by atoms with Crippen molar-refractivity contribution in [2.24, 2.45) is 0 Å². The van der Waals surface area contributed by atoms with Crippen molar-refractivity contribution >= 4 is 97.2 Å². The molecule has 0 fully saturated rings. The number of nitrogens with one attached hydrogen (secondary N) is 1. The third-order valence-electron chi connectivity index (χ3n) is 7.53. The van der Waals surface area contributed by atoms with Gasteiger partial charge in [0, 0.05) is 11.5 Å². The van der Waals surface area contributed by atoms with Crippen molar-refractivity contribution in [2.45, 2.75) is 34.0 Å². The Kier molecular flexibility index (Phi) is 12.5. The topological polar surface area (TPSA) is 116 Å². The van der Waals surface area contributed by atoms with Gasteiger partial charge in [-0.25, -0.2) is 23.7 Å². The van der Waals surface area contributed by atoms with Gasteiger partial charge in [-0.2, -0.15) is 0 Å². The number of hydrogen-bond donors (Lipinski definition) is 2. The van der Waals surface area contributed by atoms with E-state index in [0.717, 1.165) is 22.3 Å². The number of aryl methyl sites for hydroxylation is 2. The Morgan fingerprint density at radius 3 is 2.02 bits per heavy atom. The summed E-state index contributed by atoms with van der Waals surface area (Å²) >= 11 is 17.8. The number of halogens is 4. The first-order valence-electron chi connectivity index (χ1n) is 15.7. The molecule has 0 bridgehead atoms. The number of nitrogens with zero attached hydrogens (tertiary/aromatic N) is 4. The van der Waals surface area contributed by atoms with Crippen LogP contribution in [-0.4, -0.2) is 25.4 Å². The molecular weight excluding hydrogens is 798 g/mol. The highest BCUT2D eigenvalue weighted by molar-refractivity contribution is 8.00. The van der Waals surface area contributed by atoms with Gasteiger partial charge in [0.1, 0.15) is 33.4 Å². The number of aromatic nitrogens is 4. The van der Waals surface area contributed by atoms with Gasteiger partial charge in [0.05, 0.1) is 21.4 Å². The molecule has 7 rings (SSSR count). The lowest BCUT2D eigenvalue weighted by Gasteiger charge is -2.10. The molecule has 0 saturated carbocycles. The van der Waals surface area contributed by atoms with E-state index >= 15 is 0 Å². The highest BCUT2D eigenvalue weighted by Gasteiger charge is 2.19. The van der Waals surface area contributed by atoms with Gasteiger partial charge in [-0.15, -0.1) is 22.7 Å². The van der Waals surface area contributed by atoms with Crippen LogP contribution in [-0.2, 0) is 11.5 Å². The van der Waals surface area contributed by atoms with E-state index in [9.17, 15) is 18.4 Å². The molecule has 270 valence electrons. The van der Waals surface area contributed by atoms with E-state index in [1.54, 1.807) is 24.3 Å². The summed E-state index contributed by atoms with van der Waals surface area (Å²) in [6, 6.07) is 23.7. The van der Waals surface area contributed by atoms with Gasteiger partial charge in [0.2, 0.25) is 0 Å². The molecule has 3 aromatic heterocycles. The van der Waals surface area contributed by atoms with Gasteiger partial charge in [-0.3, -0.25) is 14.2 Å². The molecule has 0 aliphatic heterocycles. The molecule has 16 heteroatoms. The predicted molar refractivity (Wildman–Crippen MR) is 215 cm³/mol. The summed E-state index contributed by atoms with van der Waals surface area (Å²) in [5.74, 6) is 0.367. The minimum absolute atomic E-state index is 0.166. The van der Waals surface area contributed by atoms with Crippen molar-refractivity contribution in [1.29, 1.82) is 0 Å². The summed E-state index contributed by atoms with van der Waals surface area (Å²) in [7, 11) is 0. The van der Waals surface area contributed by atoms with Gasteiger partial charge < -0.3 is 11.1 Å². The molecular formula is C37H28Cl2F2N6O2S4. The SMILES string of the molecule is Cc1cccc(Cl)c1-n1cnc2nc(SCc3cccc(F)c3)sc2c1=O.Cc1cccc(Cl)c1NC(=O)c1sc(SCc2cccc(F)c2)nc1N. The Morgan fingerprint density at radius 2 is 1.42 bits per heavy atom. The number of fused-ring (bicyclic) bond motifs is 1. The standard InChI is InChI=1S/C19H13ClFN3OS2.C18H15ClFN3OS2/c1-11-4-2-7-14(20)15(11)24-10-22-17-16(18(24)25)27-19(23-17)26-9-12-5-3-6-13(21)8-12;1-10-4-2-7-13(19)14(10)22-17(24)15-16(21)23-18(26-15)25-9-11-5-3-6-12(20)8-11/h2-8,10H,9H2,1H3;2-8H,9,21H2,1H3,(H,22,24). The number of nitrogens with two attached hydrogens (primary N) is 1. The van der Waals surface area contributed by atoms with Crippen LogP contribution in [0.25, 0.3) is 16.0 Å². The molecule has 0 radical (unpaired) electrons. The number of rotatable bonds is 9. The van der Waals surface area contributed by atoms with Crippen LogP contribution in [0.2, 0.25) is 10.0 Å². The number of nitrogen functional groups attached to an aromatic ring is 1. The van der Waals surface area contributed by atoms with E-state index in [0.29, 0.717) is 56.8 Å². The molecule has 53 heavy (non-hydrogen) atoms. The summed E-state index contributed by atoms with van der Waals surface area (Å²) in [5, 5.41) is 3.74. The number of thiazole rings is 2. The monoisotopic (exact) mass is 824 g/mol. The normalized spacial score (nSPS) is 11.0. The summed E-state index contributed by atoms with van der Waals surface area (Å²) < 4.78 is 29.8. The molecule has 0 aliphatic rings. The van der Waals surface area contributed by atoms with Crippen LogP contribution < -0.4 is 16.6 Å². The maximum absolute atomic E-state index is 13.3. The van der Waals surface area contributed by atoms with Crippen LogP contribution in [0.4, 0.5) is 20.3 Å². The fourth-order valence-electron chi connectivity index (χ4n) is 4.98. The number of carbonyl (C=O) groups is 1. The van der Waals surface area contributed by atoms with E-state index in [4.69, 9.17) is 28.9 Å². The summed E-state index contributed by atoms with van der Waals surface area (Å²) in [6.45, 7) is 3.75. The molecule has 0 saturated heterocycles. The van der Waals surface area contributed by atoms with Crippen molar-refractivity contribution in [3.63, 3.8) is 0 Å². The number of thioether (sulfide) groups is 2. The number of anilines is 2. The largest absolute Gasteiger partial charge is 0.382 e. The minimum atomic E-state index is -0.353. The van der Waals surface area contributed by atoms with Gasteiger partial charge in [0.15, 0.2) is 14.3 Å². The zero-order valence-electron chi connectivity index (χ0n) is 27.9. The molecule has 0 spiro atoms. The smallest absolute Gasteiger partial charge is 0.277 e. The van der Waals surface area contributed by atoms with Gasteiger partial charge in [0.25, 0.3) is 11.5 Å². The molecule has 3 heterocycles. The summed E-state index contributed by atoms with van der Waals surface area (Å²) in [5.41, 5.74) is 10.7. The van der Waals surface area contributed by atoms with E-state index in [1.807, 2.05) is 50.2 Å². The number of amides is 1. The average molecular weight is 826 g/mol.